The monoisotopic (exact) mass is 386 g/mol. The number of sulfonamides is 1. The van der Waals surface area contributed by atoms with Crippen LogP contribution in [0.15, 0.2) is 40.6 Å². The summed E-state index contributed by atoms with van der Waals surface area (Å²) in [5.41, 5.74) is 1.85. The van der Waals surface area contributed by atoms with Crippen LogP contribution in [0.2, 0.25) is 4.34 Å². The van der Waals surface area contributed by atoms with Crippen molar-refractivity contribution in [1.82, 2.24) is 4.72 Å². The molecule has 130 valence electrons. The number of nitrogens with one attached hydrogen (secondary N) is 1. The van der Waals surface area contributed by atoms with E-state index in [0.29, 0.717) is 4.34 Å². The Labute approximate surface area is 151 Å². The van der Waals surface area contributed by atoms with Crippen molar-refractivity contribution in [2.24, 2.45) is 0 Å². The van der Waals surface area contributed by atoms with Gasteiger partial charge in [-0.1, -0.05) is 36.7 Å². The van der Waals surface area contributed by atoms with Crippen molar-refractivity contribution in [3.05, 3.63) is 46.3 Å². The van der Waals surface area contributed by atoms with Crippen LogP contribution in [0.1, 0.15) is 19.4 Å². The molecule has 0 atom stereocenters. The van der Waals surface area contributed by atoms with Crippen LogP contribution in [-0.4, -0.2) is 27.4 Å². The number of hydrogen-bond donors (Lipinski definition) is 1. The van der Waals surface area contributed by atoms with Crippen LogP contribution in [0, 0.1) is 0 Å². The highest BCUT2D eigenvalue weighted by Crippen LogP contribution is 2.25. The summed E-state index contributed by atoms with van der Waals surface area (Å²) in [6, 6.07) is 10.6. The van der Waals surface area contributed by atoms with E-state index in [0.717, 1.165) is 29.0 Å². The van der Waals surface area contributed by atoms with E-state index in [1.165, 1.54) is 13.0 Å². The highest BCUT2D eigenvalue weighted by Gasteiger charge is 2.18. The first-order valence-corrected chi connectivity index (χ1v) is 10.1. The number of thiophene rings is 1. The van der Waals surface area contributed by atoms with Crippen LogP contribution in [0.3, 0.4) is 0 Å². The van der Waals surface area contributed by atoms with Gasteiger partial charge in [-0.3, -0.25) is 4.79 Å². The fraction of sp³-hybridized carbons (Fsp3) is 0.312. The molecular formula is C16H19ClN2O3S2. The number of aryl methyl sites for hydroxylation is 1. The van der Waals surface area contributed by atoms with Crippen LogP contribution < -0.4 is 9.62 Å². The number of carbonyl (C=O) groups excluding carboxylic acids is 1. The first-order chi connectivity index (χ1) is 11.3. The first-order valence-electron chi connectivity index (χ1n) is 7.46. The van der Waals surface area contributed by atoms with Gasteiger partial charge < -0.3 is 4.90 Å². The summed E-state index contributed by atoms with van der Waals surface area (Å²) in [6.45, 7) is 3.86. The molecule has 24 heavy (non-hydrogen) atoms. The lowest BCUT2D eigenvalue weighted by molar-refractivity contribution is -0.116. The van der Waals surface area contributed by atoms with Gasteiger partial charge in [0.1, 0.15) is 4.21 Å². The standard InChI is InChI=1S/C16H19ClN2O3S2/c1-3-13-6-4-5-7-14(13)19(12(2)20)11-10-18-24(21,22)16-9-8-15(17)23-16/h4-9,18H,3,10-11H2,1-2H3. The molecule has 0 unspecified atom stereocenters. The molecule has 1 heterocycles. The van der Waals surface area contributed by atoms with Gasteiger partial charge >= 0.3 is 0 Å². The average Bonchev–Trinajstić information content (AvgIpc) is 2.99. The van der Waals surface area contributed by atoms with Crippen molar-refractivity contribution in [3.8, 4) is 0 Å². The van der Waals surface area contributed by atoms with E-state index >= 15 is 0 Å². The second-order valence-electron chi connectivity index (χ2n) is 5.11. The topological polar surface area (TPSA) is 66.5 Å². The number of hydrogen-bond acceptors (Lipinski definition) is 4. The Bertz CT molecular complexity index is 818. The summed E-state index contributed by atoms with van der Waals surface area (Å²) < 4.78 is 27.5. The number of amides is 1. The quantitative estimate of drug-likeness (QED) is 0.793. The Morgan fingerprint density at radius 3 is 2.54 bits per heavy atom. The minimum absolute atomic E-state index is 0.121. The van der Waals surface area contributed by atoms with Gasteiger partial charge in [-0.15, -0.1) is 11.3 Å². The number of benzene rings is 1. The predicted molar refractivity (Wildman–Crippen MR) is 98.4 cm³/mol. The molecule has 2 rings (SSSR count). The largest absolute Gasteiger partial charge is 0.311 e. The van der Waals surface area contributed by atoms with E-state index in [1.54, 1.807) is 11.0 Å². The van der Waals surface area contributed by atoms with Crippen LogP contribution in [0.5, 0.6) is 0 Å². The van der Waals surface area contributed by atoms with Crippen LogP contribution in [0.4, 0.5) is 5.69 Å². The van der Waals surface area contributed by atoms with Gasteiger partial charge in [-0.2, -0.15) is 0 Å². The van der Waals surface area contributed by atoms with Crippen molar-refractivity contribution >= 4 is 44.6 Å². The van der Waals surface area contributed by atoms with Crippen molar-refractivity contribution in [3.63, 3.8) is 0 Å². The lowest BCUT2D eigenvalue weighted by Crippen LogP contribution is -2.37. The molecule has 1 N–H and O–H groups in total. The van der Waals surface area contributed by atoms with Gasteiger partial charge in [0, 0.05) is 25.7 Å². The van der Waals surface area contributed by atoms with Gasteiger partial charge in [0.05, 0.1) is 4.34 Å². The van der Waals surface area contributed by atoms with Crippen molar-refractivity contribution in [2.75, 3.05) is 18.0 Å². The van der Waals surface area contributed by atoms with Gasteiger partial charge in [0.15, 0.2) is 0 Å². The first kappa shape index (κ1) is 18.9. The Morgan fingerprint density at radius 1 is 1.25 bits per heavy atom. The highest BCUT2D eigenvalue weighted by molar-refractivity contribution is 7.91. The summed E-state index contributed by atoms with van der Waals surface area (Å²) in [5, 5.41) is 0. The maximum atomic E-state index is 12.2. The van der Waals surface area contributed by atoms with Crippen LogP contribution in [-0.2, 0) is 21.2 Å². The molecule has 1 amide bonds. The zero-order valence-corrected chi connectivity index (χ0v) is 15.8. The third-order valence-corrected chi connectivity index (χ3v) is 6.67. The zero-order chi connectivity index (χ0) is 17.7. The molecule has 0 bridgehead atoms. The molecule has 0 spiro atoms. The molecule has 0 fully saturated rings. The van der Waals surface area contributed by atoms with Crippen molar-refractivity contribution in [2.45, 2.75) is 24.5 Å². The van der Waals surface area contributed by atoms with E-state index in [4.69, 9.17) is 11.6 Å². The maximum absolute atomic E-state index is 12.2. The SMILES string of the molecule is CCc1ccccc1N(CCNS(=O)(=O)c1ccc(Cl)s1)C(C)=O. The summed E-state index contributed by atoms with van der Waals surface area (Å²) in [5.74, 6) is -0.130. The number of rotatable bonds is 7. The predicted octanol–water partition coefficient (Wildman–Crippen LogP) is 3.30. The number of nitrogens with zero attached hydrogens (tertiary/aromatic N) is 1. The fourth-order valence-electron chi connectivity index (χ4n) is 2.33. The molecule has 5 nitrogen and oxygen atoms in total. The van der Waals surface area contributed by atoms with E-state index < -0.39 is 10.0 Å². The van der Waals surface area contributed by atoms with E-state index in [2.05, 4.69) is 4.72 Å². The second kappa shape index (κ2) is 8.11. The van der Waals surface area contributed by atoms with Gasteiger partial charge in [-0.25, -0.2) is 13.1 Å². The summed E-state index contributed by atoms with van der Waals surface area (Å²) >= 11 is 6.78. The maximum Gasteiger partial charge on any atom is 0.250 e. The fourth-order valence-corrected chi connectivity index (χ4v) is 4.87. The molecule has 8 heteroatoms. The summed E-state index contributed by atoms with van der Waals surface area (Å²) in [6.07, 6.45) is 0.791. The number of halogens is 1. The minimum Gasteiger partial charge on any atom is -0.311 e. The molecule has 0 saturated heterocycles. The second-order valence-corrected chi connectivity index (χ2v) is 8.82. The van der Waals surface area contributed by atoms with E-state index in [1.807, 2.05) is 31.2 Å². The Hall–Kier alpha value is -1.41. The molecular weight excluding hydrogens is 368 g/mol. The van der Waals surface area contributed by atoms with E-state index in [-0.39, 0.29) is 23.2 Å². The lowest BCUT2D eigenvalue weighted by atomic mass is 10.1. The highest BCUT2D eigenvalue weighted by atomic mass is 35.5. The molecule has 1 aromatic carbocycles. The Kier molecular flexibility index (Phi) is 6.40. The van der Waals surface area contributed by atoms with E-state index in [9.17, 15) is 13.2 Å². The zero-order valence-electron chi connectivity index (χ0n) is 13.5. The molecule has 1 aromatic heterocycles. The Balaban J connectivity index is 2.09. The molecule has 0 aliphatic carbocycles. The summed E-state index contributed by atoms with van der Waals surface area (Å²) in [4.78, 5) is 13.6. The molecule has 0 saturated carbocycles. The third-order valence-electron chi connectivity index (χ3n) is 3.48. The number of anilines is 1. The van der Waals surface area contributed by atoms with Crippen molar-refractivity contribution < 1.29 is 13.2 Å². The smallest absolute Gasteiger partial charge is 0.250 e. The molecule has 0 radical (unpaired) electrons. The normalized spacial score (nSPS) is 11.5. The van der Waals surface area contributed by atoms with Gasteiger partial charge in [0.25, 0.3) is 0 Å². The lowest BCUT2D eigenvalue weighted by Gasteiger charge is -2.23. The number of carbonyl (C=O) groups is 1. The van der Waals surface area contributed by atoms with Crippen molar-refractivity contribution in [1.29, 1.82) is 0 Å². The molecule has 0 aliphatic heterocycles. The third kappa shape index (κ3) is 4.57. The minimum atomic E-state index is -3.61. The number of para-hydroxylation sites is 1. The average molecular weight is 387 g/mol. The molecule has 0 aliphatic rings. The van der Waals surface area contributed by atoms with Gasteiger partial charge in [0.2, 0.25) is 15.9 Å². The Morgan fingerprint density at radius 2 is 1.96 bits per heavy atom. The summed E-state index contributed by atoms with van der Waals surface area (Å²) in [7, 11) is -3.61. The van der Waals surface area contributed by atoms with Crippen LogP contribution >= 0.6 is 22.9 Å². The van der Waals surface area contributed by atoms with Crippen LogP contribution in [0.25, 0.3) is 0 Å². The molecule has 2 aromatic rings. The van der Waals surface area contributed by atoms with Gasteiger partial charge in [-0.05, 0) is 30.2 Å².